The van der Waals surface area contributed by atoms with E-state index in [4.69, 9.17) is 16.6 Å². The van der Waals surface area contributed by atoms with Gasteiger partial charge in [0.05, 0.1) is 5.52 Å². The number of anilines is 1. The van der Waals surface area contributed by atoms with Crippen LogP contribution >= 0.6 is 11.6 Å². The van der Waals surface area contributed by atoms with Gasteiger partial charge in [0.15, 0.2) is 5.65 Å². The molecule has 1 aliphatic rings. The van der Waals surface area contributed by atoms with Crippen molar-refractivity contribution < 1.29 is 0 Å². The molecule has 0 spiro atoms. The Balaban J connectivity index is 1.82. The summed E-state index contributed by atoms with van der Waals surface area (Å²) in [5.41, 5.74) is 3.48. The molecule has 0 amide bonds. The number of benzene rings is 2. The van der Waals surface area contributed by atoms with Gasteiger partial charge in [0.25, 0.3) is 0 Å². The van der Waals surface area contributed by atoms with Crippen molar-refractivity contribution in [3.63, 3.8) is 0 Å². The van der Waals surface area contributed by atoms with Gasteiger partial charge in [-0.25, -0.2) is 4.98 Å². The molecule has 0 N–H and O–H groups in total. The summed E-state index contributed by atoms with van der Waals surface area (Å²) in [4.78, 5) is 7.33. The number of para-hydroxylation sites is 1. The summed E-state index contributed by atoms with van der Waals surface area (Å²) in [5, 5.41) is 10.6. The van der Waals surface area contributed by atoms with Crippen LogP contribution in [0.4, 0.5) is 5.82 Å². The lowest BCUT2D eigenvalue weighted by atomic mass is 10.1. The van der Waals surface area contributed by atoms with Crippen LogP contribution < -0.4 is 4.90 Å². The third-order valence-corrected chi connectivity index (χ3v) is 4.97. The van der Waals surface area contributed by atoms with Crippen LogP contribution in [0.2, 0.25) is 5.02 Å². The molecule has 0 bridgehead atoms. The topological polar surface area (TPSA) is 46.3 Å². The molecule has 4 aromatic rings. The Bertz CT molecular complexity index is 1080. The van der Waals surface area contributed by atoms with Crippen LogP contribution in [0.1, 0.15) is 12.8 Å². The molecule has 25 heavy (non-hydrogen) atoms. The zero-order valence-corrected chi connectivity index (χ0v) is 14.3. The number of nitrogens with zero attached hydrogens (tertiary/aromatic N) is 5. The van der Waals surface area contributed by atoms with Crippen molar-refractivity contribution in [2.24, 2.45) is 0 Å². The maximum atomic E-state index is 6.16. The minimum atomic E-state index is 0.680. The Morgan fingerprint density at radius 2 is 1.80 bits per heavy atom. The Kier molecular flexibility index (Phi) is 3.35. The molecule has 5 rings (SSSR count). The van der Waals surface area contributed by atoms with E-state index in [1.165, 1.54) is 12.8 Å². The zero-order chi connectivity index (χ0) is 16.8. The first-order chi connectivity index (χ1) is 12.3. The SMILES string of the molecule is Clc1cccc(-c2nnn3c2nc(N2CCCC2)c2ccccc23)c1. The Morgan fingerprint density at radius 3 is 2.64 bits per heavy atom. The van der Waals surface area contributed by atoms with E-state index in [0.717, 1.165) is 46.7 Å². The van der Waals surface area contributed by atoms with Gasteiger partial charge < -0.3 is 4.90 Å². The summed E-state index contributed by atoms with van der Waals surface area (Å²) >= 11 is 6.16. The average molecular weight is 350 g/mol. The smallest absolute Gasteiger partial charge is 0.186 e. The summed E-state index contributed by atoms with van der Waals surface area (Å²) in [7, 11) is 0. The maximum absolute atomic E-state index is 6.16. The van der Waals surface area contributed by atoms with Gasteiger partial charge in [0.1, 0.15) is 11.5 Å². The standard InChI is InChI=1S/C19H16ClN5/c20-14-7-5-6-13(12-14)17-19-21-18(24-10-3-4-11-24)15-8-1-2-9-16(15)25(19)23-22-17/h1-2,5-9,12H,3-4,10-11H2. The molecule has 0 atom stereocenters. The van der Waals surface area contributed by atoms with Crippen LogP contribution in [-0.4, -0.2) is 32.9 Å². The fraction of sp³-hybridized carbons (Fsp3) is 0.211. The fourth-order valence-electron chi connectivity index (χ4n) is 3.54. The van der Waals surface area contributed by atoms with E-state index in [0.29, 0.717) is 5.02 Å². The van der Waals surface area contributed by atoms with E-state index >= 15 is 0 Å². The highest BCUT2D eigenvalue weighted by atomic mass is 35.5. The predicted molar refractivity (Wildman–Crippen MR) is 100 cm³/mol. The van der Waals surface area contributed by atoms with Gasteiger partial charge >= 0.3 is 0 Å². The summed E-state index contributed by atoms with van der Waals surface area (Å²) in [6.07, 6.45) is 2.42. The molecule has 124 valence electrons. The Morgan fingerprint density at radius 1 is 0.960 bits per heavy atom. The molecule has 3 heterocycles. The van der Waals surface area contributed by atoms with Crippen molar-refractivity contribution in [2.45, 2.75) is 12.8 Å². The minimum Gasteiger partial charge on any atom is -0.356 e. The van der Waals surface area contributed by atoms with E-state index in [1.807, 2.05) is 40.9 Å². The van der Waals surface area contributed by atoms with E-state index < -0.39 is 0 Å². The van der Waals surface area contributed by atoms with E-state index in [9.17, 15) is 0 Å². The molecule has 0 saturated carbocycles. The summed E-state index contributed by atoms with van der Waals surface area (Å²) in [5.74, 6) is 1.02. The first-order valence-electron chi connectivity index (χ1n) is 8.46. The van der Waals surface area contributed by atoms with Gasteiger partial charge in [-0.3, -0.25) is 0 Å². The van der Waals surface area contributed by atoms with Crippen molar-refractivity contribution in [1.82, 2.24) is 19.8 Å². The molecular weight excluding hydrogens is 334 g/mol. The van der Waals surface area contributed by atoms with Crippen LogP contribution in [-0.2, 0) is 0 Å². The third kappa shape index (κ3) is 2.35. The van der Waals surface area contributed by atoms with E-state index in [1.54, 1.807) is 0 Å². The van der Waals surface area contributed by atoms with Gasteiger partial charge in [0.2, 0.25) is 0 Å². The summed E-state index contributed by atoms with van der Waals surface area (Å²) < 4.78 is 1.82. The molecule has 1 saturated heterocycles. The molecule has 5 nitrogen and oxygen atoms in total. The number of halogens is 1. The summed E-state index contributed by atoms with van der Waals surface area (Å²) in [6.45, 7) is 2.09. The van der Waals surface area contributed by atoms with Crippen LogP contribution in [0.3, 0.4) is 0 Å². The van der Waals surface area contributed by atoms with Crippen molar-refractivity contribution in [3.05, 3.63) is 53.6 Å². The number of hydrogen-bond donors (Lipinski definition) is 0. The normalized spacial score (nSPS) is 14.7. The minimum absolute atomic E-state index is 0.680. The molecule has 6 heteroatoms. The van der Waals surface area contributed by atoms with E-state index in [-0.39, 0.29) is 0 Å². The molecule has 0 unspecified atom stereocenters. The Labute approximate surface area is 149 Å². The van der Waals surface area contributed by atoms with E-state index in [2.05, 4.69) is 27.3 Å². The molecule has 2 aromatic carbocycles. The van der Waals surface area contributed by atoms with Crippen LogP contribution in [0.25, 0.3) is 27.8 Å². The van der Waals surface area contributed by atoms with Crippen molar-refractivity contribution >= 4 is 34.0 Å². The third-order valence-electron chi connectivity index (χ3n) is 4.74. The van der Waals surface area contributed by atoms with Crippen molar-refractivity contribution in [3.8, 4) is 11.3 Å². The second-order valence-corrected chi connectivity index (χ2v) is 6.77. The predicted octanol–water partition coefficient (Wildman–Crippen LogP) is 4.20. The number of aromatic nitrogens is 4. The largest absolute Gasteiger partial charge is 0.356 e. The molecule has 0 radical (unpaired) electrons. The van der Waals surface area contributed by atoms with Gasteiger partial charge in [-0.15, -0.1) is 5.10 Å². The molecule has 2 aromatic heterocycles. The second-order valence-electron chi connectivity index (χ2n) is 6.33. The molecular formula is C19H16ClN5. The fourth-order valence-corrected chi connectivity index (χ4v) is 3.73. The molecule has 0 aliphatic carbocycles. The van der Waals surface area contributed by atoms with Gasteiger partial charge in [-0.05, 0) is 37.1 Å². The molecule has 1 aliphatic heterocycles. The van der Waals surface area contributed by atoms with Crippen molar-refractivity contribution in [2.75, 3.05) is 18.0 Å². The highest BCUT2D eigenvalue weighted by Gasteiger charge is 2.21. The number of rotatable bonds is 2. The Hall–Kier alpha value is -2.66. The molecule has 1 fully saturated rings. The quantitative estimate of drug-likeness (QED) is 0.544. The van der Waals surface area contributed by atoms with Gasteiger partial charge in [-0.2, -0.15) is 4.52 Å². The van der Waals surface area contributed by atoms with Crippen LogP contribution in [0.5, 0.6) is 0 Å². The summed E-state index contributed by atoms with van der Waals surface area (Å²) in [6, 6.07) is 15.9. The highest BCUT2D eigenvalue weighted by molar-refractivity contribution is 6.30. The van der Waals surface area contributed by atoms with Crippen molar-refractivity contribution in [1.29, 1.82) is 0 Å². The average Bonchev–Trinajstić information content (AvgIpc) is 3.31. The lowest BCUT2D eigenvalue weighted by Crippen LogP contribution is -2.20. The van der Waals surface area contributed by atoms with Crippen LogP contribution in [0.15, 0.2) is 48.5 Å². The number of hydrogen-bond acceptors (Lipinski definition) is 4. The van der Waals surface area contributed by atoms with Crippen LogP contribution in [0, 0.1) is 0 Å². The number of fused-ring (bicyclic) bond motifs is 3. The lowest BCUT2D eigenvalue weighted by molar-refractivity contribution is 0.870. The highest BCUT2D eigenvalue weighted by Crippen LogP contribution is 2.31. The maximum Gasteiger partial charge on any atom is 0.186 e. The zero-order valence-electron chi connectivity index (χ0n) is 13.6. The first-order valence-corrected chi connectivity index (χ1v) is 8.84. The monoisotopic (exact) mass is 349 g/mol. The second kappa shape index (κ2) is 5.70. The van der Waals surface area contributed by atoms with Gasteiger partial charge in [-0.1, -0.05) is 41.1 Å². The van der Waals surface area contributed by atoms with Gasteiger partial charge in [0, 0.05) is 29.1 Å². The first kappa shape index (κ1) is 14.7. The lowest BCUT2D eigenvalue weighted by Gasteiger charge is -2.19.